The van der Waals surface area contributed by atoms with E-state index >= 15 is 0 Å². The van der Waals surface area contributed by atoms with E-state index in [0.29, 0.717) is 5.39 Å². The summed E-state index contributed by atoms with van der Waals surface area (Å²) in [6.45, 7) is 0. The van der Waals surface area contributed by atoms with E-state index in [1.54, 1.807) is 18.2 Å². The van der Waals surface area contributed by atoms with Crippen molar-refractivity contribution in [2.45, 2.75) is 4.90 Å². The SMILES string of the molecule is O=C1CSC(NS(=O)(=O)c2cccc3ccccc23)=N1. The molecule has 2 aromatic rings. The fourth-order valence-corrected chi connectivity index (χ4v) is 4.13. The Bertz CT molecular complexity index is 823. The molecule has 2 aromatic carbocycles. The van der Waals surface area contributed by atoms with Crippen LogP contribution >= 0.6 is 11.8 Å². The molecule has 0 aliphatic carbocycles. The van der Waals surface area contributed by atoms with Crippen LogP contribution in [0.15, 0.2) is 52.4 Å². The number of sulfonamides is 1. The van der Waals surface area contributed by atoms with Crippen LogP contribution in [-0.4, -0.2) is 25.2 Å². The highest BCUT2D eigenvalue weighted by atomic mass is 32.2. The van der Waals surface area contributed by atoms with Gasteiger partial charge in [0.25, 0.3) is 15.9 Å². The molecule has 0 fully saturated rings. The Labute approximate surface area is 120 Å². The van der Waals surface area contributed by atoms with Gasteiger partial charge in [-0.3, -0.25) is 9.52 Å². The molecule has 0 bridgehead atoms. The number of hydrogen-bond donors (Lipinski definition) is 1. The van der Waals surface area contributed by atoms with Crippen molar-refractivity contribution in [1.29, 1.82) is 0 Å². The molecule has 7 heteroatoms. The molecule has 0 aromatic heterocycles. The summed E-state index contributed by atoms with van der Waals surface area (Å²) in [6.07, 6.45) is 0. The van der Waals surface area contributed by atoms with Crippen LogP contribution < -0.4 is 4.72 Å². The number of thioether (sulfide) groups is 1. The van der Waals surface area contributed by atoms with E-state index in [0.717, 1.165) is 17.1 Å². The van der Waals surface area contributed by atoms with Crippen LogP contribution in [0.1, 0.15) is 0 Å². The van der Waals surface area contributed by atoms with Gasteiger partial charge in [0.1, 0.15) is 0 Å². The maximum Gasteiger partial charge on any atom is 0.264 e. The van der Waals surface area contributed by atoms with Crippen LogP contribution in [0, 0.1) is 0 Å². The summed E-state index contributed by atoms with van der Waals surface area (Å²) in [5, 5.41) is 1.60. The second-order valence-electron chi connectivity index (χ2n) is 4.18. The molecule has 1 heterocycles. The van der Waals surface area contributed by atoms with Gasteiger partial charge in [-0.15, -0.1) is 0 Å². The topological polar surface area (TPSA) is 75.6 Å². The number of benzene rings is 2. The fourth-order valence-electron chi connectivity index (χ4n) is 1.96. The summed E-state index contributed by atoms with van der Waals surface area (Å²) < 4.78 is 27.1. The third-order valence-corrected chi connectivity index (χ3v) is 5.20. The predicted octanol–water partition coefficient (Wildman–Crippen LogP) is 1.75. The molecule has 0 atom stereocenters. The van der Waals surface area contributed by atoms with E-state index in [-0.39, 0.29) is 21.7 Å². The van der Waals surface area contributed by atoms with Crippen LogP contribution in [0.2, 0.25) is 0 Å². The van der Waals surface area contributed by atoms with Gasteiger partial charge in [-0.25, -0.2) is 8.42 Å². The lowest BCUT2D eigenvalue weighted by molar-refractivity contribution is -0.115. The number of rotatable bonds is 2. The summed E-state index contributed by atoms with van der Waals surface area (Å²) in [7, 11) is -3.75. The van der Waals surface area contributed by atoms with Crippen molar-refractivity contribution < 1.29 is 13.2 Å². The van der Waals surface area contributed by atoms with Crippen molar-refractivity contribution in [3.8, 4) is 0 Å². The smallest absolute Gasteiger partial charge is 0.264 e. The van der Waals surface area contributed by atoms with Gasteiger partial charge in [-0.1, -0.05) is 48.2 Å². The Morgan fingerprint density at radius 3 is 2.60 bits per heavy atom. The Morgan fingerprint density at radius 1 is 1.10 bits per heavy atom. The third-order valence-electron chi connectivity index (χ3n) is 2.82. The number of fused-ring (bicyclic) bond motifs is 1. The second kappa shape index (κ2) is 4.92. The molecule has 1 N–H and O–H groups in total. The minimum Gasteiger partial charge on any atom is -0.272 e. The van der Waals surface area contributed by atoms with Crippen molar-refractivity contribution in [2.24, 2.45) is 4.99 Å². The largest absolute Gasteiger partial charge is 0.272 e. The molecule has 0 unspecified atom stereocenters. The molecular formula is C13H10N2O3S2. The van der Waals surface area contributed by atoms with Crippen molar-refractivity contribution >= 4 is 43.6 Å². The van der Waals surface area contributed by atoms with Gasteiger partial charge in [-0.2, -0.15) is 4.99 Å². The van der Waals surface area contributed by atoms with Crippen LogP contribution in [0.5, 0.6) is 0 Å². The average Bonchev–Trinajstić information content (AvgIpc) is 2.82. The van der Waals surface area contributed by atoms with Crippen molar-refractivity contribution in [1.82, 2.24) is 4.72 Å². The number of aliphatic imine (C=N–C) groups is 1. The van der Waals surface area contributed by atoms with Crippen LogP contribution in [0.25, 0.3) is 10.8 Å². The molecule has 0 saturated carbocycles. The highest BCUT2D eigenvalue weighted by Gasteiger charge is 2.23. The monoisotopic (exact) mass is 306 g/mol. The Kier molecular flexibility index (Phi) is 3.23. The lowest BCUT2D eigenvalue weighted by atomic mass is 10.1. The molecule has 0 spiro atoms. The Morgan fingerprint density at radius 2 is 1.85 bits per heavy atom. The van der Waals surface area contributed by atoms with Crippen molar-refractivity contribution in [3.63, 3.8) is 0 Å². The van der Waals surface area contributed by atoms with Gasteiger partial charge in [0.05, 0.1) is 10.6 Å². The van der Waals surface area contributed by atoms with Crippen molar-refractivity contribution in [3.05, 3.63) is 42.5 Å². The molecule has 0 saturated heterocycles. The quantitative estimate of drug-likeness (QED) is 0.917. The molecule has 3 rings (SSSR count). The standard InChI is InChI=1S/C13H10N2O3S2/c16-12-8-19-13(14-12)15-20(17,18)11-7-3-5-9-4-1-2-6-10(9)11/h1-7H,8H2,(H,14,15,16). The molecule has 1 aliphatic rings. The highest BCUT2D eigenvalue weighted by Crippen LogP contribution is 2.23. The van der Waals surface area contributed by atoms with Crippen LogP contribution in [-0.2, 0) is 14.8 Å². The van der Waals surface area contributed by atoms with Gasteiger partial charge in [0.15, 0.2) is 5.17 Å². The maximum absolute atomic E-state index is 12.4. The van der Waals surface area contributed by atoms with E-state index in [2.05, 4.69) is 9.71 Å². The summed E-state index contributed by atoms with van der Waals surface area (Å²) in [5.74, 6) is -0.154. The number of hydrogen-bond acceptors (Lipinski definition) is 4. The zero-order valence-electron chi connectivity index (χ0n) is 10.2. The van der Waals surface area contributed by atoms with Crippen LogP contribution in [0.4, 0.5) is 0 Å². The van der Waals surface area contributed by atoms with E-state index in [4.69, 9.17) is 0 Å². The Hall–Kier alpha value is -1.86. The number of amidine groups is 1. The lowest BCUT2D eigenvalue weighted by Crippen LogP contribution is -2.27. The normalized spacial score (nSPS) is 15.4. The lowest BCUT2D eigenvalue weighted by Gasteiger charge is -2.09. The molecule has 5 nitrogen and oxygen atoms in total. The average molecular weight is 306 g/mol. The van der Waals surface area contributed by atoms with Crippen LogP contribution in [0.3, 0.4) is 0 Å². The first-order chi connectivity index (χ1) is 9.56. The molecule has 102 valence electrons. The summed E-state index contributed by atoms with van der Waals surface area (Å²) in [6, 6.07) is 12.3. The molecule has 0 radical (unpaired) electrons. The molecular weight excluding hydrogens is 296 g/mol. The number of carbonyl (C=O) groups excluding carboxylic acids is 1. The van der Waals surface area contributed by atoms with E-state index in [1.807, 2.05) is 18.2 Å². The summed E-state index contributed by atoms with van der Waals surface area (Å²) in [5.41, 5.74) is 0. The fraction of sp³-hybridized carbons (Fsp3) is 0.0769. The van der Waals surface area contributed by atoms with Gasteiger partial charge in [0, 0.05) is 5.39 Å². The third kappa shape index (κ3) is 2.41. The second-order valence-corrected chi connectivity index (χ2v) is 6.80. The van der Waals surface area contributed by atoms with Gasteiger partial charge < -0.3 is 0 Å². The minimum atomic E-state index is -3.75. The molecule has 1 amide bonds. The zero-order chi connectivity index (χ0) is 14.2. The van der Waals surface area contributed by atoms with E-state index < -0.39 is 10.0 Å². The molecule has 1 aliphatic heterocycles. The van der Waals surface area contributed by atoms with E-state index in [1.165, 1.54) is 6.07 Å². The minimum absolute atomic E-state index is 0.128. The van der Waals surface area contributed by atoms with Gasteiger partial charge in [0.2, 0.25) is 0 Å². The first kappa shape index (κ1) is 13.1. The number of nitrogens with one attached hydrogen (secondary N) is 1. The number of nitrogens with zero attached hydrogens (tertiary/aromatic N) is 1. The van der Waals surface area contributed by atoms with Gasteiger partial charge in [-0.05, 0) is 11.5 Å². The predicted molar refractivity (Wildman–Crippen MR) is 79.2 cm³/mol. The summed E-state index contributed by atoms with van der Waals surface area (Å²) in [4.78, 5) is 14.9. The molecule has 20 heavy (non-hydrogen) atoms. The van der Waals surface area contributed by atoms with E-state index in [9.17, 15) is 13.2 Å². The highest BCUT2D eigenvalue weighted by molar-refractivity contribution is 8.15. The number of amides is 1. The first-order valence-electron chi connectivity index (χ1n) is 5.81. The zero-order valence-corrected chi connectivity index (χ0v) is 11.9. The van der Waals surface area contributed by atoms with Gasteiger partial charge >= 0.3 is 0 Å². The summed E-state index contributed by atoms with van der Waals surface area (Å²) >= 11 is 1.09. The first-order valence-corrected chi connectivity index (χ1v) is 8.28. The maximum atomic E-state index is 12.4. The van der Waals surface area contributed by atoms with Crippen molar-refractivity contribution in [2.75, 3.05) is 5.75 Å². The number of carbonyl (C=O) groups is 1. The Balaban J connectivity index is 2.06.